The number of ether oxygens (including phenoxy) is 1. The number of nitrogens with one attached hydrogen (secondary N) is 1. The Kier molecular flexibility index (Phi) is 6.69. The van der Waals surface area contributed by atoms with E-state index in [0.717, 1.165) is 42.0 Å². The Labute approximate surface area is 166 Å². The summed E-state index contributed by atoms with van der Waals surface area (Å²) in [4.78, 5) is 16.2. The lowest BCUT2D eigenvalue weighted by molar-refractivity contribution is -0.120. The predicted octanol–water partition coefficient (Wildman–Crippen LogP) is 4.19. The van der Waals surface area contributed by atoms with Crippen LogP contribution in [0.25, 0.3) is 11.0 Å². The van der Waals surface area contributed by atoms with Gasteiger partial charge in [0.1, 0.15) is 18.2 Å². The summed E-state index contributed by atoms with van der Waals surface area (Å²) in [5, 5.41) is 2.93. The van der Waals surface area contributed by atoms with Gasteiger partial charge in [-0.25, -0.2) is 4.98 Å². The molecule has 0 spiro atoms. The van der Waals surface area contributed by atoms with Crippen molar-refractivity contribution in [3.05, 3.63) is 59.4 Å². The molecule has 148 valence electrons. The summed E-state index contributed by atoms with van der Waals surface area (Å²) in [7, 11) is 0. The molecule has 1 N–H and O–H groups in total. The van der Waals surface area contributed by atoms with Crippen molar-refractivity contribution in [2.24, 2.45) is 0 Å². The van der Waals surface area contributed by atoms with Gasteiger partial charge in [0, 0.05) is 19.4 Å². The van der Waals surface area contributed by atoms with Crippen LogP contribution in [0.2, 0.25) is 0 Å². The Bertz CT molecular complexity index is 946. The Balaban J connectivity index is 1.68. The predicted molar refractivity (Wildman–Crippen MR) is 113 cm³/mol. The van der Waals surface area contributed by atoms with E-state index in [1.54, 1.807) is 0 Å². The number of carbonyl (C=O) groups excluding carboxylic acids is 1. The second kappa shape index (κ2) is 9.40. The van der Waals surface area contributed by atoms with Gasteiger partial charge in [0.25, 0.3) is 0 Å². The normalized spacial score (nSPS) is 11.0. The maximum atomic E-state index is 11.4. The van der Waals surface area contributed by atoms with Crippen molar-refractivity contribution < 1.29 is 9.53 Å². The summed E-state index contributed by atoms with van der Waals surface area (Å²) in [6.45, 7) is 8.06. The molecule has 0 aliphatic rings. The molecule has 0 fully saturated rings. The molecule has 3 rings (SSSR count). The summed E-state index contributed by atoms with van der Waals surface area (Å²) in [6.07, 6.45) is 2.21. The van der Waals surface area contributed by atoms with Crippen molar-refractivity contribution in [3.63, 3.8) is 0 Å². The van der Waals surface area contributed by atoms with Crippen molar-refractivity contribution in [2.45, 2.75) is 46.6 Å². The standard InChI is InChI=1S/C23H29N3O2/c1-4-23(27)24-14-8-13-22-25-19-10-5-6-11-20(19)26(22)15-16-28-21-12-7-9-17(2)18(21)3/h5-7,9-12H,4,8,13-16H2,1-3H3,(H,24,27). The number of nitrogens with zero attached hydrogens (tertiary/aromatic N) is 2. The quantitative estimate of drug-likeness (QED) is 0.567. The van der Waals surface area contributed by atoms with Crippen molar-refractivity contribution >= 4 is 16.9 Å². The van der Waals surface area contributed by atoms with Crippen molar-refractivity contribution in [2.75, 3.05) is 13.2 Å². The Hall–Kier alpha value is -2.82. The summed E-state index contributed by atoms with van der Waals surface area (Å²) < 4.78 is 8.30. The van der Waals surface area contributed by atoms with Gasteiger partial charge in [-0.05, 0) is 49.6 Å². The van der Waals surface area contributed by atoms with Crippen molar-refractivity contribution in [3.8, 4) is 5.75 Å². The number of aromatic nitrogens is 2. The number of carbonyl (C=O) groups is 1. The van der Waals surface area contributed by atoms with Crippen LogP contribution in [0.4, 0.5) is 0 Å². The zero-order valence-corrected chi connectivity index (χ0v) is 17.0. The molecule has 1 aromatic heterocycles. The van der Waals surface area contributed by atoms with Gasteiger partial charge in [-0.3, -0.25) is 4.79 Å². The fraction of sp³-hybridized carbons (Fsp3) is 0.391. The molecule has 0 radical (unpaired) electrons. The van der Waals surface area contributed by atoms with E-state index in [9.17, 15) is 4.79 Å². The monoisotopic (exact) mass is 379 g/mol. The Morgan fingerprint density at radius 1 is 1.14 bits per heavy atom. The molecule has 0 saturated heterocycles. The number of rotatable bonds is 9. The Morgan fingerprint density at radius 2 is 1.96 bits per heavy atom. The van der Waals surface area contributed by atoms with E-state index in [1.807, 2.05) is 37.3 Å². The van der Waals surface area contributed by atoms with Gasteiger partial charge in [-0.2, -0.15) is 0 Å². The highest BCUT2D eigenvalue weighted by Gasteiger charge is 2.11. The highest BCUT2D eigenvalue weighted by atomic mass is 16.5. The number of fused-ring (bicyclic) bond motifs is 1. The van der Waals surface area contributed by atoms with Crippen LogP contribution in [0.5, 0.6) is 5.75 Å². The van der Waals surface area contributed by atoms with Gasteiger partial charge < -0.3 is 14.6 Å². The first kappa shape index (κ1) is 19.9. The fourth-order valence-electron chi connectivity index (χ4n) is 3.29. The van der Waals surface area contributed by atoms with Crippen LogP contribution in [-0.2, 0) is 17.8 Å². The van der Waals surface area contributed by atoms with Crippen LogP contribution in [0.1, 0.15) is 36.7 Å². The largest absolute Gasteiger partial charge is 0.491 e. The number of aryl methyl sites for hydroxylation is 2. The molecule has 1 heterocycles. The topological polar surface area (TPSA) is 56.2 Å². The summed E-state index contributed by atoms with van der Waals surface area (Å²) in [5.74, 6) is 2.07. The van der Waals surface area contributed by atoms with E-state index in [2.05, 4.69) is 35.9 Å². The molecule has 0 bridgehead atoms. The first-order valence-electron chi connectivity index (χ1n) is 10.00. The molecular formula is C23H29N3O2. The minimum absolute atomic E-state index is 0.0930. The fourth-order valence-corrected chi connectivity index (χ4v) is 3.29. The molecule has 0 aliphatic heterocycles. The van der Waals surface area contributed by atoms with Crippen LogP contribution in [0.3, 0.4) is 0 Å². The molecule has 0 atom stereocenters. The second-order valence-electron chi connectivity index (χ2n) is 7.02. The van der Waals surface area contributed by atoms with Crippen LogP contribution in [-0.4, -0.2) is 28.6 Å². The van der Waals surface area contributed by atoms with Gasteiger partial charge in [0.05, 0.1) is 17.6 Å². The van der Waals surface area contributed by atoms with E-state index in [1.165, 1.54) is 11.1 Å². The molecule has 0 aliphatic carbocycles. The van der Waals surface area contributed by atoms with Gasteiger partial charge in [0.2, 0.25) is 5.91 Å². The van der Waals surface area contributed by atoms with Gasteiger partial charge >= 0.3 is 0 Å². The van der Waals surface area contributed by atoms with E-state index in [0.29, 0.717) is 19.6 Å². The van der Waals surface area contributed by atoms with E-state index < -0.39 is 0 Å². The van der Waals surface area contributed by atoms with Gasteiger partial charge in [-0.1, -0.05) is 31.2 Å². The SMILES string of the molecule is CCC(=O)NCCCc1nc2ccccc2n1CCOc1cccc(C)c1C. The lowest BCUT2D eigenvalue weighted by Gasteiger charge is -2.13. The number of benzene rings is 2. The van der Waals surface area contributed by atoms with E-state index in [4.69, 9.17) is 9.72 Å². The summed E-state index contributed by atoms with van der Waals surface area (Å²) in [6, 6.07) is 14.3. The third-order valence-corrected chi connectivity index (χ3v) is 5.08. The highest BCUT2D eigenvalue weighted by Crippen LogP contribution is 2.21. The summed E-state index contributed by atoms with van der Waals surface area (Å²) >= 11 is 0. The second-order valence-corrected chi connectivity index (χ2v) is 7.02. The zero-order chi connectivity index (χ0) is 19.9. The Morgan fingerprint density at radius 3 is 2.79 bits per heavy atom. The molecule has 1 amide bonds. The van der Waals surface area contributed by atoms with Gasteiger partial charge in [-0.15, -0.1) is 0 Å². The zero-order valence-electron chi connectivity index (χ0n) is 17.0. The van der Waals surface area contributed by atoms with Crippen LogP contribution < -0.4 is 10.1 Å². The molecule has 28 heavy (non-hydrogen) atoms. The van der Waals surface area contributed by atoms with E-state index in [-0.39, 0.29) is 5.91 Å². The van der Waals surface area contributed by atoms with Crippen LogP contribution in [0.15, 0.2) is 42.5 Å². The molecular weight excluding hydrogens is 350 g/mol. The highest BCUT2D eigenvalue weighted by molar-refractivity contribution is 5.76. The average molecular weight is 380 g/mol. The minimum atomic E-state index is 0.0930. The van der Waals surface area contributed by atoms with Crippen molar-refractivity contribution in [1.29, 1.82) is 0 Å². The summed E-state index contributed by atoms with van der Waals surface area (Å²) in [5.41, 5.74) is 4.55. The number of hydrogen-bond donors (Lipinski definition) is 1. The minimum Gasteiger partial charge on any atom is -0.491 e. The first-order valence-corrected chi connectivity index (χ1v) is 10.00. The smallest absolute Gasteiger partial charge is 0.219 e. The molecule has 0 unspecified atom stereocenters. The molecule has 2 aromatic carbocycles. The van der Waals surface area contributed by atoms with Crippen LogP contribution >= 0.6 is 0 Å². The maximum absolute atomic E-state index is 11.4. The molecule has 5 heteroatoms. The first-order chi connectivity index (χ1) is 13.6. The molecule has 5 nitrogen and oxygen atoms in total. The number of hydrogen-bond acceptors (Lipinski definition) is 3. The average Bonchev–Trinajstić information content (AvgIpc) is 3.06. The number of para-hydroxylation sites is 2. The lowest BCUT2D eigenvalue weighted by Crippen LogP contribution is -2.24. The molecule has 3 aromatic rings. The van der Waals surface area contributed by atoms with Crippen molar-refractivity contribution in [1.82, 2.24) is 14.9 Å². The third-order valence-electron chi connectivity index (χ3n) is 5.08. The third kappa shape index (κ3) is 4.71. The number of imidazole rings is 1. The molecule has 0 saturated carbocycles. The number of amides is 1. The lowest BCUT2D eigenvalue weighted by atomic mass is 10.1. The van der Waals surface area contributed by atoms with Crippen LogP contribution in [0, 0.1) is 13.8 Å². The van der Waals surface area contributed by atoms with E-state index >= 15 is 0 Å². The maximum Gasteiger partial charge on any atom is 0.219 e. The van der Waals surface area contributed by atoms with Gasteiger partial charge in [0.15, 0.2) is 0 Å².